The molecule has 116 valence electrons. The normalized spacial score (nSPS) is 23.0. The molecular weight excluding hydrogens is 362 g/mol. The SMILES string of the molecule is O=C(O)c1ccc(S(=O)(=O)NC2CCC(O)CC2)c(Br)c1. The molecule has 0 atom stereocenters. The lowest BCUT2D eigenvalue weighted by Gasteiger charge is -2.26. The second-order valence-corrected chi connectivity index (χ2v) is 7.61. The van der Waals surface area contributed by atoms with Gasteiger partial charge in [0.1, 0.15) is 0 Å². The lowest BCUT2D eigenvalue weighted by atomic mass is 9.94. The molecule has 0 spiro atoms. The maximum absolute atomic E-state index is 12.3. The lowest BCUT2D eigenvalue weighted by Crippen LogP contribution is -2.38. The van der Waals surface area contributed by atoms with Crippen molar-refractivity contribution in [2.75, 3.05) is 0 Å². The summed E-state index contributed by atoms with van der Waals surface area (Å²) in [5.74, 6) is -1.12. The van der Waals surface area contributed by atoms with Crippen LogP contribution in [0.2, 0.25) is 0 Å². The van der Waals surface area contributed by atoms with E-state index < -0.39 is 16.0 Å². The summed E-state index contributed by atoms with van der Waals surface area (Å²) in [6.45, 7) is 0. The number of hydrogen-bond acceptors (Lipinski definition) is 4. The van der Waals surface area contributed by atoms with Crippen molar-refractivity contribution in [2.24, 2.45) is 0 Å². The lowest BCUT2D eigenvalue weighted by molar-refractivity contribution is 0.0696. The summed E-state index contributed by atoms with van der Waals surface area (Å²) in [4.78, 5) is 10.9. The van der Waals surface area contributed by atoms with E-state index in [2.05, 4.69) is 20.7 Å². The number of nitrogens with one attached hydrogen (secondary N) is 1. The minimum absolute atomic E-state index is 0.0126. The average molecular weight is 378 g/mol. The van der Waals surface area contributed by atoms with Gasteiger partial charge in [0.05, 0.1) is 16.6 Å². The van der Waals surface area contributed by atoms with E-state index in [1.807, 2.05) is 0 Å². The largest absolute Gasteiger partial charge is 0.478 e. The number of benzene rings is 1. The Morgan fingerprint density at radius 2 is 1.86 bits per heavy atom. The van der Waals surface area contributed by atoms with Crippen LogP contribution in [0.3, 0.4) is 0 Å². The van der Waals surface area contributed by atoms with E-state index in [4.69, 9.17) is 5.11 Å². The monoisotopic (exact) mass is 377 g/mol. The van der Waals surface area contributed by atoms with Crippen molar-refractivity contribution in [1.29, 1.82) is 0 Å². The van der Waals surface area contributed by atoms with Crippen molar-refractivity contribution in [3.63, 3.8) is 0 Å². The van der Waals surface area contributed by atoms with Gasteiger partial charge in [-0.15, -0.1) is 0 Å². The highest BCUT2D eigenvalue weighted by Crippen LogP contribution is 2.25. The number of aliphatic hydroxyl groups is 1. The summed E-state index contributed by atoms with van der Waals surface area (Å²) in [7, 11) is -3.72. The zero-order valence-electron chi connectivity index (χ0n) is 11.1. The molecule has 0 radical (unpaired) electrons. The molecule has 1 aliphatic carbocycles. The number of aliphatic hydroxyl groups excluding tert-OH is 1. The van der Waals surface area contributed by atoms with Gasteiger partial charge in [-0.25, -0.2) is 17.9 Å². The molecule has 2 rings (SSSR count). The molecule has 0 saturated heterocycles. The molecule has 21 heavy (non-hydrogen) atoms. The second-order valence-electron chi connectivity index (χ2n) is 5.08. The van der Waals surface area contributed by atoms with Crippen molar-refractivity contribution in [3.8, 4) is 0 Å². The number of hydrogen-bond donors (Lipinski definition) is 3. The Morgan fingerprint density at radius 1 is 1.24 bits per heavy atom. The number of aromatic carboxylic acids is 1. The van der Waals surface area contributed by atoms with Gasteiger partial charge in [0.2, 0.25) is 10.0 Å². The average Bonchev–Trinajstić information content (AvgIpc) is 2.40. The Bertz CT molecular complexity index is 638. The topological polar surface area (TPSA) is 104 Å². The van der Waals surface area contributed by atoms with Gasteiger partial charge in [-0.05, 0) is 59.8 Å². The zero-order valence-corrected chi connectivity index (χ0v) is 13.5. The Labute approximate surface area is 131 Å². The quantitative estimate of drug-likeness (QED) is 0.740. The van der Waals surface area contributed by atoms with E-state index in [9.17, 15) is 18.3 Å². The van der Waals surface area contributed by atoms with Crippen molar-refractivity contribution in [2.45, 2.75) is 42.7 Å². The van der Waals surface area contributed by atoms with Crippen LogP contribution >= 0.6 is 15.9 Å². The summed E-state index contributed by atoms with van der Waals surface area (Å²) in [5, 5.41) is 18.3. The Balaban J connectivity index is 2.18. The maximum atomic E-state index is 12.3. The smallest absolute Gasteiger partial charge is 0.335 e. The summed E-state index contributed by atoms with van der Waals surface area (Å²) >= 11 is 3.10. The molecular formula is C13H16BrNO5S. The number of carboxylic acid groups (broad SMARTS) is 1. The number of carbonyl (C=O) groups is 1. The van der Waals surface area contributed by atoms with Gasteiger partial charge >= 0.3 is 5.97 Å². The van der Waals surface area contributed by atoms with Crippen LogP contribution in [0.5, 0.6) is 0 Å². The molecule has 8 heteroatoms. The van der Waals surface area contributed by atoms with E-state index in [1.165, 1.54) is 18.2 Å². The van der Waals surface area contributed by atoms with Gasteiger partial charge in [-0.3, -0.25) is 0 Å². The van der Waals surface area contributed by atoms with Gasteiger partial charge in [-0.1, -0.05) is 0 Å². The van der Waals surface area contributed by atoms with Crippen LogP contribution in [0, 0.1) is 0 Å². The van der Waals surface area contributed by atoms with Crippen molar-refractivity contribution in [3.05, 3.63) is 28.2 Å². The minimum atomic E-state index is -3.72. The first-order chi connectivity index (χ1) is 9.79. The first kappa shape index (κ1) is 16.4. The highest BCUT2D eigenvalue weighted by molar-refractivity contribution is 9.10. The van der Waals surface area contributed by atoms with Gasteiger partial charge in [-0.2, -0.15) is 0 Å². The Kier molecular flexibility index (Phi) is 5.03. The molecule has 0 unspecified atom stereocenters. The minimum Gasteiger partial charge on any atom is -0.478 e. The molecule has 0 bridgehead atoms. The van der Waals surface area contributed by atoms with E-state index in [-0.39, 0.29) is 27.1 Å². The van der Waals surface area contributed by atoms with Gasteiger partial charge < -0.3 is 10.2 Å². The standard InChI is InChI=1S/C13H16BrNO5S/c14-11-7-8(13(17)18)1-6-12(11)21(19,20)15-9-2-4-10(16)5-3-9/h1,6-7,9-10,15-16H,2-5H2,(H,17,18). The van der Waals surface area contributed by atoms with E-state index in [1.54, 1.807) is 0 Å². The first-order valence-corrected chi connectivity index (χ1v) is 8.80. The third kappa shape index (κ3) is 4.03. The van der Waals surface area contributed by atoms with Crippen LogP contribution in [-0.2, 0) is 10.0 Å². The third-order valence-electron chi connectivity index (χ3n) is 3.49. The fourth-order valence-electron chi connectivity index (χ4n) is 2.33. The molecule has 1 fully saturated rings. The van der Waals surface area contributed by atoms with Gasteiger partial charge in [0.25, 0.3) is 0 Å². The summed E-state index contributed by atoms with van der Waals surface area (Å²) in [5.41, 5.74) is 0.0154. The summed E-state index contributed by atoms with van der Waals surface area (Å²) in [6.07, 6.45) is 1.97. The zero-order chi connectivity index (χ0) is 15.6. The van der Waals surface area contributed by atoms with Crippen LogP contribution in [0.15, 0.2) is 27.6 Å². The summed E-state index contributed by atoms with van der Waals surface area (Å²) in [6, 6.07) is 3.59. The van der Waals surface area contributed by atoms with Crippen LogP contribution in [0.1, 0.15) is 36.0 Å². The molecule has 3 N–H and O–H groups in total. The van der Waals surface area contributed by atoms with Gasteiger partial charge in [0, 0.05) is 10.5 Å². The highest BCUT2D eigenvalue weighted by Gasteiger charge is 2.26. The van der Waals surface area contributed by atoms with Crippen LogP contribution in [0.4, 0.5) is 0 Å². The van der Waals surface area contributed by atoms with Crippen molar-refractivity contribution < 1.29 is 23.4 Å². The number of sulfonamides is 1. The Morgan fingerprint density at radius 3 is 2.38 bits per heavy atom. The molecule has 6 nitrogen and oxygen atoms in total. The predicted octanol–water partition coefficient (Wildman–Crippen LogP) is 1.73. The molecule has 0 heterocycles. The molecule has 1 aliphatic rings. The number of rotatable bonds is 4. The number of halogens is 1. The Hall–Kier alpha value is -0.960. The second kappa shape index (κ2) is 6.43. The highest BCUT2D eigenvalue weighted by atomic mass is 79.9. The molecule has 0 aromatic heterocycles. The fraction of sp³-hybridized carbons (Fsp3) is 0.462. The van der Waals surface area contributed by atoms with E-state index in [0.29, 0.717) is 25.7 Å². The van der Waals surface area contributed by atoms with E-state index >= 15 is 0 Å². The van der Waals surface area contributed by atoms with Gasteiger partial charge in [0.15, 0.2) is 0 Å². The fourth-order valence-corrected chi connectivity index (χ4v) is 4.71. The molecule has 1 aromatic carbocycles. The predicted molar refractivity (Wildman–Crippen MR) is 79.7 cm³/mol. The molecule has 1 saturated carbocycles. The van der Waals surface area contributed by atoms with Crippen molar-refractivity contribution in [1.82, 2.24) is 4.72 Å². The molecule has 0 amide bonds. The van der Waals surface area contributed by atoms with Crippen LogP contribution in [0.25, 0.3) is 0 Å². The molecule has 1 aromatic rings. The summed E-state index contributed by atoms with van der Waals surface area (Å²) < 4.78 is 27.5. The number of carboxylic acids is 1. The van der Waals surface area contributed by atoms with E-state index in [0.717, 1.165) is 0 Å². The van der Waals surface area contributed by atoms with Crippen LogP contribution < -0.4 is 4.72 Å². The third-order valence-corrected chi connectivity index (χ3v) is 5.98. The van der Waals surface area contributed by atoms with Crippen molar-refractivity contribution >= 4 is 31.9 Å². The van der Waals surface area contributed by atoms with Crippen LogP contribution in [-0.4, -0.2) is 36.7 Å². The first-order valence-electron chi connectivity index (χ1n) is 6.53. The molecule has 0 aliphatic heterocycles. The maximum Gasteiger partial charge on any atom is 0.335 e.